The fourth-order valence-electron chi connectivity index (χ4n) is 2.47. The molecule has 0 amide bonds. The van der Waals surface area contributed by atoms with Crippen LogP contribution < -0.4 is 0 Å². The van der Waals surface area contributed by atoms with Gasteiger partial charge in [0.2, 0.25) is 0 Å². The Hall–Kier alpha value is -0.181. The Morgan fingerprint density at radius 1 is 1.19 bits per heavy atom. The van der Waals surface area contributed by atoms with E-state index < -0.39 is 34.8 Å². The van der Waals surface area contributed by atoms with Crippen LogP contribution in [0.15, 0.2) is 24.4 Å². The molecule has 1 aromatic heterocycles. The van der Waals surface area contributed by atoms with Gasteiger partial charge in [-0.05, 0) is 0 Å². The third kappa shape index (κ3) is 4.18. The molecule has 7 heteroatoms. The fraction of sp³-hybridized carbons (Fsp3) is 0.643. The Bertz CT molecular complexity index is 541. The standard InChI is InChI=1S/C6H6NO4S.2C4H9.Sn/c8-6(12(9,10)11)5-3-1-2-4-7-5;2*1-3-4-2;/h1-4,6H,(H,9,10,11);2*1,3-4H2,2H3;/q-1;;;+2/p-1. The van der Waals surface area contributed by atoms with Gasteiger partial charge in [0.1, 0.15) is 0 Å². The number of rotatable bonds is 7. The molecule has 1 aliphatic rings. The zero-order chi connectivity index (χ0) is 15.3. The van der Waals surface area contributed by atoms with Crippen molar-refractivity contribution in [2.75, 3.05) is 0 Å². The molecule has 2 rings (SSSR count). The summed E-state index contributed by atoms with van der Waals surface area (Å²) in [6.07, 6.45) is 5.55. The van der Waals surface area contributed by atoms with Gasteiger partial charge in [0.25, 0.3) is 0 Å². The number of unbranched alkanes of at least 4 members (excludes halogenated alkanes) is 2. The van der Waals surface area contributed by atoms with Gasteiger partial charge in [0.15, 0.2) is 0 Å². The number of hydrogen-bond donors (Lipinski definition) is 0. The quantitative estimate of drug-likeness (QED) is 0.632. The van der Waals surface area contributed by atoms with Crippen LogP contribution in [-0.2, 0) is 15.7 Å². The first-order valence-corrected chi connectivity index (χ1v) is 15.4. The average Bonchev–Trinajstić information content (AvgIpc) is 2.76. The molecule has 0 saturated carbocycles. The van der Waals surface area contributed by atoms with Crippen LogP contribution in [0, 0.1) is 0 Å². The van der Waals surface area contributed by atoms with E-state index in [1.165, 1.54) is 0 Å². The first kappa shape index (κ1) is 17.2. The van der Waals surface area contributed by atoms with Gasteiger partial charge < -0.3 is 0 Å². The molecule has 0 aromatic carbocycles. The SMILES string of the molecule is CCC[CH2][Sn]1([CH2]CCC)[O]C(c2ccccn2)S(=O)(=O)[O]1. The van der Waals surface area contributed by atoms with Crippen LogP contribution in [0.4, 0.5) is 0 Å². The molecule has 1 atom stereocenters. The molecular weight excluding hydrogens is 397 g/mol. The van der Waals surface area contributed by atoms with Gasteiger partial charge in [0, 0.05) is 0 Å². The summed E-state index contributed by atoms with van der Waals surface area (Å²) in [7, 11) is -3.70. The van der Waals surface area contributed by atoms with Crippen LogP contribution in [0.25, 0.3) is 0 Å². The van der Waals surface area contributed by atoms with Crippen molar-refractivity contribution in [3.8, 4) is 0 Å². The van der Waals surface area contributed by atoms with Crippen LogP contribution in [0.1, 0.15) is 50.7 Å². The molecular formula is C14H23NO4SSn. The van der Waals surface area contributed by atoms with Crippen molar-refractivity contribution >= 4 is 29.3 Å². The van der Waals surface area contributed by atoms with E-state index in [0.717, 1.165) is 34.6 Å². The Labute approximate surface area is 132 Å². The maximum absolute atomic E-state index is 12.4. The van der Waals surface area contributed by atoms with E-state index in [2.05, 4.69) is 18.8 Å². The van der Waals surface area contributed by atoms with E-state index in [-0.39, 0.29) is 0 Å². The van der Waals surface area contributed by atoms with Crippen molar-refractivity contribution in [2.45, 2.75) is 53.8 Å². The first-order valence-electron chi connectivity index (χ1n) is 7.56. The summed E-state index contributed by atoms with van der Waals surface area (Å²) in [5.41, 5.74) is -0.590. The molecule has 0 N–H and O–H groups in total. The van der Waals surface area contributed by atoms with Crippen molar-refractivity contribution in [2.24, 2.45) is 0 Å². The third-order valence-electron chi connectivity index (χ3n) is 3.60. The molecule has 1 aromatic rings. The predicted molar refractivity (Wildman–Crippen MR) is 83.3 cm³/mol. The van der Waals surface area contributed by atoms with Gasteiger partial charge >= 0.3 is 132 Å². The van der Waals surface area contributed by atoms with Gasteiger partial charge in [0.05, 0.1) is 0 Å². The molecule has 0 radical (unpaired) electrons. The Balaban J connectivity index is 2.25. The number of pyridine rings is 1. The maximum atomic E-state index is 12.4. The summed E-state index contributed by atoms with van der Waals surface area (Å²) in [6, 6.07) is 5.22. The van der Waals surface area contributed by atoms with Crippen molar-refractivity contribution in [3.63, 3.8) is 0 Å². The predicted octanol–water partition coefficient (Wildman–Crippen LogP) is 3.50. The minimum absolute atomic E-state index is 0.434. The summed E-state index contributed by atoms with van der Waals surface area (Å²) in [6.45, 7) is 4.19. The molecule has 0 aliphatic carbocycles. The molecule has 21 heavy (non-hydrogen) atoms. The van der Waals surface area contributed by atoms with Crippen molar-refractivity contribution in [1.82, 2.24) is 4.98 Å². The summed E-state index contributed by atoms with van der Waals surface area (Å²) in [5.74, 6) is 0. The van der Waals surface area contributed by atoms with Crippen LogP contribution in [0.5, 0.6) is 0 Å². The van der Waals surface area contributed by atoms with Crippen LogP contribution >= 0.6 is 0 Å². The topological polar surface area (TPSA) is 65.5 Å². The summed E-state index contributed by atoms with van der Waals surface area (Å²) in [5, 5.41) is 0. The molecule has 1 fully saturated rings. The number of nitrogens with zero attached hydrogens (tertiary/aromatic N) is 1. The summed E-state index contributed by atoms with van der Waals surface area (Å²) < 4.78 is 38.1. The molecule has 5 nitrogen and oxygen atoms in total. The van der Waals surface area contributed by atoms with Gasteiger partial charge in [-0.2, -0.15) is 0 Å². The van der Waals surface area contributed by atoms with E-state index >= 15 is 0 Å². The van der Waals surface area contributed by atoms with Gasteiger partial charge in [-0.25, -0.2) is 0 Å². The van der Waals surface area contributed by atoms with Gasteiger partial charge in [-0.3, -0.25) is 0 Å². The van der Waals surface area contributed by atoms with E-state index in [1.807, 2.05) is 0 Å². The average molecular weight is 420 g/mol. The zero-order valence-electron chi connectivity index (χ0n) is 12.6. The van der Waals surface area contributed by atoms with E-state index in [0.29, 0.717) is 5.69 Å². The van der Waals surface area contributed by atoms with E-state index in [4.69, 9.17) is 5.59 Å². The van der Waals surface area contributed by atoms with Gasteiger partial charge in [-0.1, -0.05) is 0 Å². The monoisotopic (exact) mass is 421 g/mol. The number of aromatic nitrogens is 1. The summed E-state index contributed by atoms with van der Waals surface area (Å²) in [4.78, 5) is 4.13. The normalized spacial score (nSPS) is 23.2. The second-order valence-electron chi connectivity index (χ2n) is 5.40. The van der Waals surface area contributed by atoms with Crippen molar-refractivity contribution in [1.29, 1.82) is 0 Å². The van der Waals surface area contributed by atoms with Gasteiger partial charge in [-0.15, -0.1) is 0 Å². The van der Waals surface area contributed by atoms with Crippen molar-refractivity contribution < 1.29 is 14.0 Å². The first-order chi connectivity index (χ1) is 10.0. The third-order valence-corrected chi connectivity index (χ3v) is 18.3. The Morgan fingerprint density at radius 3 is 2.38 bits per heavy atom. The summed E-state index contributed by atoms with van der Waals surface area (Å²) >= 11 is -3.53. The van der Waals surface area contributed by atoms with E-state index in [1.54, 1.807) is 24.4 Å². The minimum atomic E-state index is -3.70. The van der Waals surface area contributed by atoms with Crippen LogP contribution in [-0.4, -0.2) is 32.6 Å². The second kappa shape index (κ2) is 7.39. The van der Waals surface area contributed by atoms with Crippen LogP contribution in [0.3, 0.4) is 0 Å². The molecule has 118 valence electrons. The Morgan fingerprint density at radius 2 is 1.86 bits per heavy atom. The van der Waals surface area contributed by atoms with E-state index in [9.17, 15) is 8.42 Å². The Kier molecular flexibility index (Phi) is 6.04. The molecule has 1 unspecified atom stereocenters. The number of hydrogen-bond acceptors (Lipinski definition) is 5. The molecule has 0 bridgehead atoms. The fourth-order valence-corrected chi connectivity index (χ4v) is 20.0. The van der Waals surface area contributed by atoms with Crippen molar-refractivity contribution in [3.05, 3.63) is 30.1 Å². The zero-order valence-corrected chi connectivity index (χ0v) is 16.3. The molecule has 0 spiro atoms. The molecule has 1 aliphatic heterocycles. The molecule has 2 heterocycles. The second-order valence-corrected chi connectivity index (χ2v) is 17.1. The molecule has 1 saturated heterocycles. The van der Waals surface area contributed by atoms with Crippen LogP contribution in [0.2, 0.25) is 8.87 Å².